The quantitative estimate of drug-likeness (QED) is 0.448. The Balaban J connectivity index is 1.75. The first-order valence-corrected chi connectivity index (χ1v) is 12.5. The predicted molar refractivity (Wildman–Crippen MR) is 130 cm³/mol. The van der Waals surface area contributed by atoms with Crippen LogP contribution in [0.4, 0.5) is 0 Å². The van der Waals surface area contributed by atoms with Crippen molar-refractivity contribution in [3.05, 3.63) is 47.6 Å². The molecule has 0 spiro atoms. The van der Waals surface area contributed by atoms with Crippen LogP contribution in [-0.4, -0.2) is 44.8 Å². The third-order valence-electron chi connectivity index (χ3n) is 8.94. The molecule has 0 unspecified atom stereocenters. The zero-order chi connectivity index (χ0) is 23.7. The zero-order valence-corrected chi connectivity index (χ0v) is 20.4. The van der Waals surface area contributed by atoms with Gasteiger partial charge in [-0.3, -0.25) is 0 Å². The van der Waals surface area contributed by atoms with Gasteiger partial charge in [-0.25, -0.2) is 0 Å². The van der Waals surface area contributed by atoms with Crippen LogP contribution in [-0.2, 0) is 0 Å². The first-order chi connectivity index (χ1) is 15.0. The molecule has 0 radical (unpaired) electrons. The first-order valence-electron chi connectivity index (χ1n) is 12.5. The summed E-state index contributed by atoms with van der Waals surface area (Å²) >= 11 is 0. The molecular weight excluding hydrogens is 400 g/mol. The monoisotopic (exact) mass is 444 g/mol. The van der Waals surface area contributed by atoms with Gasteiger partial charge in [-0.1, -0.05) is 57.2 Å². The second-order valence-electron chi connectivity index (χ2n) is 11.2. The molecule has 4 N–H and O–H groups in total. The maximum absolute atomic E-state index is 10.3. The molecule has 3 rings (SSSR count). The highest BCUT2D eigenvalue weighted by Crippen LogP contribution is 2.59. The third-order valence-corrected chi connectivity index (χ3v) is 8.94. The van der Waals surface area contributed by atoms with Crippen LogP contribution < -0.4 is 0 Å². The van der Waals surface area contributed by atoms with Crippen molar-refractivity contribution in [3.8, 4) is 0 Å². The molecule has 0 aromatic carbocycles. The predicted octanol–water partition coefficient (Wildman–Crippen LogP) is 4.70. The van der Waals surface area contributed by atoms with Crippen LogP contribution in [0.25, 0.3) is 0 Å². The van der Waals surface area contributed by atoms with Gasteiger partial charge in [0.25, 0.3) is 0 Å². The summed E-state index contributed by atoms with van der Waals surface area (Å²) in [6, 6.07) is 0. The number of fused-ring (bicyclic) bond motifs is 1. The molecule has 0 aliphatic heterocycles. The van der Waals surface area contributed by atoms with Crippen LogP contribution in [0.1, 0.15) is 72.6 Å². The lowest BCUT2D eigenvalue weighted by molar-refractivity contribution is -0.0266. The van der Waals surface area contributed by atoms with Crippen molar-refractivity contribution < 1.29 is 20.4 Å². The van der Waals surface area contributed by atoms with Crippen molar-refractivity contribution in [3.63, 3.8) is 0 Å². The molecule has 3 saturated carbocycles. The Labute approximate surface area is 194 Å². The fraction of sp³-hybridized carbons (Fsp3) is 0.714. The van der Waals surface area contributed by atoms with Crippen molar-refractivity contribution in [2.75, 3.05) is 6.61 Å². The second kappa shape index (κ2) is 9.97. The Bertz CT molecular complexity index is 776. The highest BCUT2D eigenvalue weighted by molar-refractivity contribution is 5.38. The molecule has 8 atom stereocenters. The van der Waals surface area contributed by atoms with Gasteiger partial charge < -0.3 is 20.4 Å². The van der Waals surface area contributed by atoms with Gasteiger partial charge >= 0.3 is 0 Å². The van der Waals surface area contributed by atoms with Crippen LogP contribution in [0.15, 0.2) is 47.6 Å². The van der Waals surface area contributed by atoms with E-state index in [0.717, 1.165) is 17.6 Å². The minimum Gasteiger partial charge on any atom is -0.393 e. The second-order valence-corrected chi connectivity index (χ2v) is 11.2. The fourth-order valence-electron chi connectivity index (χ4n) is 6.44. The Kier molecular flexibility index (Phi) is 7.92. The lowest BCUT2D eigenvalue weighted by atomic mass is 9.61. The summed E-state index contributed by atoms with van der Waals surface area (Å²) in [7, 11) is 0. The molecule has 180 valence electrons. The van der Waals surface area contributed by atoms with Crippen molar-refractivity contribution in [1.29, 1.82) is 0 Å². The molecule has 32 heavy (non-hydrogen) atoms. The zero-order valence-electron chi connectivity index (χ0n) is 20.4. The standard InChI is InChI=1S/C28H44O4/c1-18(8-9-19(2)28(5,32)17-29)24-12-13-25-21(7-6-14-27(24,25)4)10-11-22-15-23(30)16-26(31)20(22)3/h8-11,18-19,23-26,29-32H,3,6-7,12-17H2,1-2,4-5H3/b9-8+,21-10+,22-11-/t18-,19+,23-,24-,25+,26+,27-,28-/m1/s1. The maximum Gasteiger partial charge on any atom is 0.0908 e. The van der Waals surface area contributed by atoms with Crippen molar-refractivity contribution in [1.82, 2.24) is 0 Å². The van der Waals surface area contributed by atoms with E-state index in [1.54, 1.807) is 6.92 Å². The van der Waals surface area contributed by atoms with Gasteiger partial charge in [0.15, 0.2) is 0 Å². The number of aliphatic hydroxyl groups excluding tert-OH is 3. The molecule has 4 heteroatoms. The van der Waals surface area contributed by atoms with E-state index in [1.165, 1.54) is 31.3 Å². The van der Waals surface area contributed by atoms with E-state index in [-0.39, 0.29) is 17.9 Å². The molecule has 0 heterocycles. The average Bonchev–Trinajstić information content (AvgIpc) is 3.10. The number of rotatable bonds is 6. The van der Waals surface area contributed by atoms with Crippen LogP contribution in [0.2, 0.25) is 0 Å². The van der Waals surface area contributed by atoms with E-state index >= 15 is 0 Å². The number of allylic oxidation sites excluding steroid dienone is 4. The van der Waals surface area contributed by atoms with Gasteiger partial charge in [-0.2, -0.15) is 0 Å². The highest BCUT2D eigenvalue weighted by Gasteiger charge is 2.50. The first kappa shape index (κ1) is 25.4. The Morgan fingerprint density at radius 3 is 2.59 bits per heavy atom. The molecule has 0 amide bonds. The van der Waals surface area contributed by atoms with Crippen LogP contribution in [0.5, 0.6) is 0 Å². The summed E-state index contributed by atoms with van der Waals surface area (Å²) < 4.78 is 0. The van der Waals surface area contributed by atoms with Crippen LogP contribution in [0.3, 0.4) is 0 Å². The Morgan fingerprint density at radius 1 is 1.19 bits per heavy atom. The summed E-state index contributed by atoms with van der Waals surface area (Å²) in [6.45, 7) is 12.2. The molecule has 0 saturated heterocycles. The van der Waals surface area contributed by atoms with E-state index in [9.17, 15) is 20.4 Å². The average molecular weight is 445 g/mol. The van der Waals surface area contributed by atoms with E-state index in [1.807, 2.05) is 6.92 Å². The van der Waals surface area contributed by atoms with Gasteiger partial charge in [0.2, 0.25) is 0 Å². The molecule has 3 fully saturated rings. The Morgan fingerprint density at radius 2 is 1.91 bits per heavy atom. The van der Waals surface area contributed by atoms with Crippen LogP contribution in [0, 0.1) is 29.1 Å². The van der Waals surface area contributed by atoms with Gasteiger partial charge in [0, 0.05) is 12.3 Å². The molecular formula is C28H44O4. The molecule has 3 aliphatic carbocycles. The highest BCUT2D eigenvalue weighted by atomic mass is 16.3. The fourth-order valence-corrected chi connectivity index (χ4v) is 6.44. The normalized spacial score (nSPS) is 39.9. The van der Waals surface area contributed by atoms with E-state index < -0.39 is 17.8 Å². The minimum absolute atomic E-state index is 0.0947. The summed E-state index contributed by atoms with van der Waals surface area (Å²) in [5.41, 5.74) is 2.41. The number of hydrogen-bond donors (Lipinski definition) is 4. The molecule has 0 bridgehead atoms. The van der Waals surface area contributed by atoms with Gasteiger partial charge in [0.1, 0.15) is 0 Å². The minimum atomic E-state index is -1.09. The van der Waals surface area contributed by atoms with Crippen molar-refractivity contribution in [2.24, 2.45) is 29.1 Å². The summed E-state index contributed by atoms with van der Waals surface area (Å²) in [4.78, 5) is 0. The summed E-state index contributed by atoms with van der Waals surface area (Å²) in [5.74, 6) is 1.49. The van der Waals surface area contributed by atoms with Gasteiger partial charge in [0.05, 0.1) is 24.4 Å². The van der Waals surface area contributed by atoms with E-state index in [2.05, 4.69) is 44.7 Å². The van der Waals surface area contributed by atoms with Crippen molar-refractivity contribution in [2.45, 2.75) is 90.4 Å². The molecule has 4 nitrogen and oxygen atoms in total. The Hall–Kier alpha value is -1.20. The third kappa shape index (κ3) is 5.14. The SMILES string of the molecule is C=C1/C(=C\C=C2/CCC[C@]3(C)[C@@H]([C@H](C)/C=C/[C@H](C)[C@](C)(O)CO)CC[C@@H]23)C[C@@H](O)C[C@@H]1O. The number of hydrogen-bond acceptors (Lipinski definition) is 4. The lowest BCUT2D eigenvalue weighted by Gasteiger charge is -2.44. The number of aliphatic hydroxyl groups is 4. The van der Waals surface area contributed by atoms with Crippen molar-refractivity contribution >= 4 is 0 Å². The topological polar surface area (TPSA) is 80.9 Å². The summed E-state index contributed by atoms with van der Waals surface area (Å²) in [5, 5.41) is 39.9. The van der Waals surface area contributed by atoms with Gasteiger partial charge in [-0.15, -0.1) is 0 Å². The molecule has 0 aromatic rings. The van der Waals surface area contributed by atoms with E-state index in [4.69, 9.17) is 0 Å². The lowest BCUT2D eigenvalue weighted by Crippen LogP contribution is -2.36. The maximum atomic E-state index is 10.3. The molecule has 0 aromatic heterocycles. The van der Waals surface area contributed by atoms with Gasteiger partial charge in [-0.05, 0) is 79.8 Å². The van der Waals surface area contributed by atoms with Crippen LogP contribution >= 0.6 is 0 Å². The molecule has 3 aliphatic rings. The largest absolute Gasteiger partial charge is 0.393 e. The smallest absolute Gasteiger partial charge is 0.0908 e. The van der Waals surface area contributed by atoms with E-state index in [0.29, 0.717) is 30.6 Å². The summed E-state index contributed by atoms with van der Waals surface area (Å²) in [6.07, 6.45) is 14.5.